The highest BCUT2D eigenvalue weighted by Crippen LogP contribution is 2.49. The van der Waals surface area contributed by atoms with Crippen molar-refractivity contribution in [1.82, 2.24) is 0 Å². The van der Waals surface area contributed by atoms with Crippen LogP contribution >= 0.6 is 0 Å². The maximum Gasteiger partial charge on any atom is 0.340 e. The van der Waals surface area contributed by atoms with Gasteiger partial charge in [0.1, 0.15) is 23.7 Å². The third-order valence-corrected chi connectivity index (χ3v) is 13.3. The Hall–Kier alpha value is -5.85. The number of aryl methyl sites for hydroxylation is 1. The molecule has 340 valence electrons. The predicted octanol–water partition coefficient (Wildman–Crippen LogP) is 8.79. The molecule has 11 nitrogen and oxygen atoms in total. The quantitative estimate of drug-likeness (QED) is 0.0404. The maximum absolute atomic E-state index is 14.8. The lowest BCUT2D eigenvalue weighted by molar-refractivity contribution is -0.188. The van der Waals surface area contributed by atoms with Crippen LogP contribution in [0, 0.1) is 5.92 Å². The lowest BCUT2D eigenvalue weighted by Gasteiger charge is -2.43. The smallest absolute Gasteiger partial charge is 0.340 e. The van der Waals surface area contributed by atoms with Crippen LogP contribution in [0.2, 0.25) is 0 Å². The van der Waals surface area contributed by atoms with E-state index in [4.69, 9.17) is 23.4 Å². The Morgan fingerprint density at radius 2 is 1.62 bits per heavy atom. The van der Waals surface area contributed by atoms with Crippen molar-refractivity contribution in [2.45, 2.75) is 108 Å². The van der Waals surface area contributed by atoms with Gasteiger partial charge < -0.3 is 38.7 Å². The minimum Gasteiger partial charge on any atom is -0.483 e. The van der Waals surface area contributed by atoms with E-state index in [2.05, 4.69) is 72.8 Å². The molecular formula is C54H58O11. The Balaban J connectivity index is 1.23. The molecule has 3 aliphatic heterocycles. The first-order chi connectivity index (χ1) is 31.4. The molecule has 11 heteroatoms. The molecule has 3 N–H and O–H groups in total. The Bertz CT molecular complexity index is 2640. The second-order valence-electron chi connectivity index (χ2n) is 18.3. The first kappa shape index (κ1) is 45.7. The van der Waals surface area contributed by atoms with Crippen molar-refractivity contribution in [3.63, 3.8) is 0 Å². The van der Waals surface area contributed by atoms with Gasteiger partial charge in [0.05, 0.1) is 18.8 Å². The minimum atomic E-state index is -1.30. The van der Waals surface area contributed by atoms with Gasteiger partial charge in [0.15, 0.2) is 12.2 Å². The summed E-state index contributed by atoms with van der Waals surface area (Å²) in [6.07, 6.45) is 4.57. The molecule has 0 spiro atoms. The molecule has 1 aliphatic carbocycles. The average molecular weight is 883 g/mol. The lowest BCUT2D eigenvalue weighted by Crippen LogP contribution is -2.52. The molecule has 9 rings (SSSR count). The fraction of sp³-hybridized carbons (Fsp3) is 0.389. The molecule has 4 heterocycles. The number of hydrogen-bond donors (Lipinski definition) is 3. The molecule has 65 heavy (non-hydrogen) atoms. The summed E-state index contributed by atoms with van der Waals surface area (Å²) in [5, 5.41) is 30.5. The van der Waals surface area contributed by atoms with Crippen molar-refractivity contribution >= 4 is 22.9 Å². The summed E-state index contributed by atoms with van der Waals surface area (Å²) in [6, 6.07) is 30.8. The van der Waals surface area contributed by atoms with Crippen molar-refractivity contribution in [2.24, 2.45) is 5.92 Å². The van der Waals surface area contributed by atoms with E-state index in [1.165, 1.54) is 11.1 Å². The van der Waals surface area contributed by atoms with Gasteiger partial charge in [-0.15, -0.1) is 0 Å². The number of rotatable bonds is 10. The van der Waals surface area contributed by atoms with E-state index in [0.717, 1.165) is 28.7 Å². The number of esters is 2. The molecule has 4 aromatic carbocycles. The number of hydrogen-bond acceptors (Lipinski definition) is 11. The van der Waals surface area contributed by atoms with Gasteiger partial charge >= 0.3 is 17.6 Å². The second kappa shape index (κ2) is 19.7. The van der Waals surface area contributed by atoms with Gasteiger partial charge in [-0.1, -0.05) is 96.6 Å². The number of aliphatic hydroxyl groups is 3. The largest absolute Gasteiger partial charge is 0.483 e. The number of benzene rings is 4. The highest BCUT2D eigenvalue weighted by atomic mass is 16.6. The van der Waals surface area contributed by atoms with Gasteiger partial charge in [-0.2, -0.15) is 0 Å². The number of aliphatic hydroxyl groups excluding tert-OH is 3. The molecule has 2 bridgehead atoms. The van der Waals surface area contributed by atoms with Crippen molar-refractivity contribution in [2.75, 3.05) is 20.0 Å². The highest BCUT2D eigenvalue weighted by Gasteiger charge is 2.51. The van der Waals surface area contributed by atoms with E-state index in [-0.39, 0.29) is 71.8 Å². The van der Waals surface area contributed by atoms with Crippen LogP contribution in [0.4, 0.5) is 0 Å². The molecule has 0 saturated heterocycles. The molecule has 0 saturated carbocycles. The normalized spacial score (nSPS) is 22.3. The zero-order valence-electron chi connectivity index (χ0n) is 37.5. The van der Waals surface area contributed by atoms with Crippen LogP contribution in [0.3, 0.4) is 0 Å². The minimum absolute atomic E-state index is 0.00535. The highest BCUT2D eigenvalue weighted by molar-refractivity contribution is 5.90. The number of ether oxygens (including phenoxy) is 4. The predicted molar refractivity (Wildman–Crippen MR) is 245 cm³/mol. The zero-order chi connectivity index (χ0) is 45.8. The molecule has 5 aromatic rings. The third kappa shape index (κ3) is 9.75. The van der Waals surface area contributed by atoms with E-state index < -0.39 is 54.7 Å². The van der Waals surface area contributed by atoms with Gasteiger partial charge in [-0.3, -0.25) is 4.79 Å². The van der Waals surface area contributed by atoms with E-state index in [0.29, 0.717) is 30.2 Å². The van der Waals surface area contributed by atoms with Crippen LogP contribution in [-0.2, 0) is 43.2 Å². The molecule has 1 aromatic heterocycles. The zero-order valence-corrected chi connectivity index (χ0v) is 37.5. The molecule has 0 radical (unpaired) electrons. The fourth-order valence-electron chi connectivity index (χ4n) is 10.0. The first-order valence-electron chi connectivity index (χ1n) is 22.6. The maximum atomic E-state index is 14.8. The molecular weight excluding hydrogens is 825 g/mol. The Morgan fingerprint density at radius 1 is 0.846 bits per heavy atom. The summed E-state index contributed by atoms with van der Waals surface area (Å²) in [4.78, 5) is 43.3. The number of carbonyl (C=O) groups is 2. The van der Waals surface area contributed by atoms with Crippen LogP contribution in [0.25, 0.3) is 11.0 Å². The van der Waals surface area contributed by atoms with Gasteiger partial charge in [0, 0.05) is 47.3 Å². The third-order valence-electron chi connectivity index (χ3n) is 13.3. The Labute approximate surface area is 379 Å². The summed E-state index contributed by atoms with van der Waals surface area (Å²) in [5.74, 6) is -1.82. The summed E-state index contributed by atoms with van der Waals surface area (Å²) in [7, 11) is 0. The molecule has 6 atom stereocenters. The topological polar surface area (TPSA) is 162 Å². The van der Waals surface area contributed by atoms with Gasteiger partial charge in [0.25, 0.3) is 0 Å². The van der Waals surface area contributed by atoms with Gasteiger partial charge in [-0.05, 0) is 111 Å². The lowest BCUT2D eigenvalue weighted by atomic mass is 9.72. The molecule has 0 amide bonds. The van der Waals surface area contributed by atoms with Crippen LogP contribution in [0.5, 0.6) is 5.75 Å². The van der Waals surface area contributed by atoms with Crippen LogP contribution in [0.1, 0.15) is 122 Å². The second-order valence-corrected chi connectivity index (χ2v) is 18.3. The van der Waals surface area contributed by atoms with Crippen molar-refractivity contribution in [1.29, 1.82) is 0 Å². The Kier molecular flexibility index (Phi) is 13.9. The van der Waals surface area contributed by atoms with E-state index >= 15 is 0 Å². The molecule has 4 aliphatic rings. The number of allylic oxidation sites excluding steroid dienone is 3. The van der Waals surface area contributed by atoms with Crippen molar-refractivity contribution < 1.29 is 48.3 Å². The molecule has 0 fully saturated rings. The fourth-order valence-corrected chi connectivity index (χ4v) is 10.0. The van der Waals surface area contributed by atoms with Crippen LogP contribution < -0.4 is 10.4 Å². The van der Waals surface area contributed by atoms with E-state index in [1.54, 1.807) is 26.0 Å². The molecule has 6 unspecified atom stereocenters. The summed E-state index contributed by atoms with van der Waals surface area (Å²) in [5.41, 5.74) is 5.47. The van der Waals surface area contributed by atoms with Crippen LogP contribution in [-0.4, -0.2) is 59.0 Å². The first-order valence-corrected chi connectivity index (χ1v) is 22.6. The summed E-state index contributed by atoms with van der Waals surface area (Å²) in [6.45, 7) is 5.65. The van der Waals surface area contributed by atoms with Crippen molar-refractivity contribution in [3.05, 3.63) is 169 Å². The average Bonchev–Trinajstić information content (AvgIpc) is 3.28. The SMILES string of the molecule is CC(C)=C1CCc2ccc(cc2)C2C=CC(c3cccc(Cc4ccccc4)c3)CC2CC(=O)OC2c3c(ccc4c(CO)c(C(CCO)COCO)c(=O)oc34)OC(C)(C)C2OC1=O. The van der Waals surface area contributed by atoms with E-state index in [1.807, 2.05) is 32.0 Å². The summed E-state index contributed by atoms with van der Waals surface area (Å²) < 4.78 is 31.0. The Morgan fingerprint density at radius 3 is 2.34 bits per heavy atom. The van der Waals surface area contributed by atoms with Crippen molar-refractivity contribution in [3.8, 4) is 5.75 Å². The summed E-state index contributed by atoms with van der Waals surface area (Å²) >= 11 is 0. The standard InChI is InChI=1S/C54H58O11/c1-32(2)41-19-15-33-13-16-36(17-14-33)42-20-18-38(37-12-8-11-35(26-37)25-34-9-6-5-7-10-34)27-40(42)28-46(58)62-50-48-45(65-54(3,4)51(50)64-52(41)59)22-21-43-44(29-56)47(53(60)63-49(43)48)39(23-24-55)30-61-31-57/h5-14,16-18,20-22,26,38-40,42,50-51,55-57H,15,19,23-25,27-31H2,1-4H3. The number of carbonyl (C=O) groups excluding carboxylic acids is 2. The number of fused-ring (bicyclic) bond motifs is 11. The van der Waals surface area contributed by atoms with Gasteiger partial charge in [-0.25, -0.2) is 9.59 Å². The van der Waals surface area contributed by atoms with E-state index in [9.17, 15) is 29.7 Å². The van der Waals surface area contributed by atoms with Crippen LogP contribution in [0.15, 0.2) is 124 Å². The van der Waals surface area contributed by atoms with Gasteiger partial charge in [0.2, 0.25) is 0 Å². The monoisotopic (exact) mass is 882 g/mol.